The number of nitrogens with zero attached hydrogens (tertiary/aromatic N) is 1. The van der Waals surface area contributed by atoms with Crippen LogP contribution in [-0.4, -0.2) is 59.0 Å². The molecule has 9 nitrogen and oxygen atoms in total. The average Bonchev–Trinajstić information content (AvgIpc) is 3.33. The zero-order valence-electron chi connectivity index (χ0n) is 21.5. The predicted molar refractivity (Wildman–Crippen MR) is 143 cm³/mol. The van der Waals surface area contributed by atoms with Crippen LogP contribution >= 0.6 is 0 Å². The first-order chi connectivity index (χ1) is 18.3. The highest BCUT2D eigenvalue weighted by Gasteiger charge is 2.29. The summed E-state index contributed by atoms with van der Waals surface area (Å²) < 4.78 is 16.5. The quantitative estimate of drug-likeness (QED) is 0.250. The third-order valence-corrected chi connectivity index (χ3v) is 6.19. The van der Waals surface area contributed by atoms with Crippen molar-refractivity contribution in [2.24, 2.45) is 11.1 Å². The van der Waals surface area contributed by atoms with E-state index in [1.54, 1.807) is 12.1 Å². The van der Waals surface area contributed by atoms with Crippen molar-refractivity contribution < 1.29 is 28.9 Å². The van der Waals surface area contributed by atoms with E-state index in [1.165, 1.54) is 10.8 Å². The van der Waals surface area contributed by atoms with E-state index in [2.05, 4.69) is 48.1 Å². The minimum Gasteiger partial charge on any atom is -0.460 e. The van der Waals surface area contributed by atoms with Crippen LogP contribution in [0.5, 0.6) is 0 Å². The molecule has 38 heavy (non-hydrogen) atoms. The molecular weight excluding hydrogens is 486 g/mol. The molecule has 2 aromatic heterocycles. The number of aromatic amines is 1. The van der Waals surface area contributed by atoms with E-state index in [4.69, 9.17) is 25.1 Å². The second-order valence-electron chi connectivity index (χ2n) is 10.0. The highest BCUT2D eigenvalue weighted by molar-refractivity contribution is 6.07. The fourth-order valence-electron chi connectivity index (χ4n) is 4.04. The zero-order valence-corrected chi connectivity index (χ0v) is 21.5. The molecule has 3 heterocycles. The van der Waals surface area contributed by atoms with Crippen LogP contribution in [0.3, 0.4) is 0 Å². The second kappa shape index (κ2) is 12.3. The molecule has 4 aromatic rings. The number of nitrogens with one attached hydrogen (secondary N) is 1. The van der Waals surface area contributed by atoms with Gasteiger partial charge in [-0.1, -0.05) is 62.4 Å². The molecule has 2 unspecified atom stereocenters. The Morgan fingerprint density at radius 1 is 1.13 bits per heavy atom. The van der Waals surface area contributed by atoms with Crippen molar-refractivity contribution in [2.75, 3.05) is 13.2 Å². The van der Waals surface area contributed by atoms with Crippen molar-refractivity contribution >= 4 is 34.1 Å². The maximum absolute atomic E-state index is 11.3. The van der Waals surface area contributed by atoms with Crippen molar-refractivity contribution in [1.82, 2.24) is 9.97 Å². The summed E-state index contributed by atoms with van der Waals surface area (Å²) in [5.41, 5.74) is 9.40. The number of rotatable bonds is 7. The van der Waals surface area contributed by atoms with Crippen LogP contribution in [0.15, 0.2) is 66.9 Å². The van der Waals surface area contributed by atoms with E-state index in [0.29, 0.717) is 6.42 Å². The molecule has 0 aliphatic carbocycles. The number of fused-ring (bicyclic) bond motifs is 3. The van der Waals surface area contributed by atoms with E-state index < -0.39 is 18.1 Å². The summed E-state index contributed by atoms with van der Waals surface area (Å²) in [6.07, 6.45) is 1.00. The van der Waals surface area contributed by atoms with Crippen LogP contribution < -0.4 is 5.73 Å². The van der Waals surface area contributed by atoms with Crippen LogP contribution in [0.4, 0.5) is 0 Å². The largest absolute Gasteiger partial charge is 0.460 e. The molecule has 0 amide bonds. The monoisotopic (exact) mass is 519 g/mol. The van der Waals surface area contributed by atoms with Gasteiger partial charge in [0.2, 0.25) is 0 Å². The lowest BCUT2D eigenvalue weighted by Gasteiger charge is -2.34. The van der Waals surface area contributed by atoms with E-state index in [1.807, 2.05) is 30.5 Å². The number of para-hydroxylation sites is 1. The number of hydrogen-bond donors (Lipinski definition) is 3. The number of hydrogen-bond acceptors (Lipinski definition) is 8. The van der Waals surface area contributed by atoms with Gasteiger partial charge in [-0.15, -0.1) is 0 Å². The highest BCUT2D eigenvalue weighted by atomic mass is 16.7. The van der Waals surface area contributed by atoms with Crippen molar-refractivity contribution in [3.05, 3.63) is 78.1 Å². The standard InChI is InChI=1S/C18H20N2O2.C11H13NO4/c1-18(2)10-21-16(22-11-18)9-15-17-13(7-8-19-15)12-5-3-4-6-14(12)20-17;12-10(9(14)6-13)11(15)16-7-8-4-2-1-3-5-8/h3-8,16,20H,9-11H2,1-2H3;1-6,9-10,14H,7,12H2. The number of carbonyl (C=O) groups excluding carboxylic acids is 2. The lowest BCUT2D eigenvalue weighted by atomic mass is 9.95. The minimum absolute atomic E-state index is 0.0684. The maximum atomic E-state index is 11.3. The molecule has 1 fully saturated rings. The Morgan fingerprint density at radius 3 is 2.53 bits per heavy atom. The van der Waals surface area contributed by atoms with E-state index >= 15 is 0 Å². The Morgan fingerprint density at radius 2 is 1.82 bits per heavy atom. The van der Waals surface area contributed by atoms with Gasteiger partial charge in [0.15, 0.2) is 12.6 Å². The summed E-state index contributed by atoms with van der Waals surface area (Å²) in [7, 11) is 0. The van der Waals surface area contributed by atoms with Crippen LogP contribution in [-0.2, 0) is 36.8 Å². The fourth-order valence-corrected chi connectivity index (χ4v) is 4.04. The molecule has 1 saturated heterocycles. The molecular formula is C29H33N3O6. The molecule has 1 aliphatic heterocycles. The molecule has 5 rings (SSSR count). The van der Waals surface area contributed by atoms with E-state index in [-0.39, 0.29) is 24.6 Å². The van der Waals surface area contributed by atoms with Crippen LogP contribution in [0.25, 0.3) is 21.8 Å². The van der Waals surface area contributed by atoms with Crippen LogP contribution in [0.2, 0.25) is 0 Å². The lowest BCUT2D eigenvalue weighted by Crippen LogP contribution is -2.43. The number of benzene rings is 2. The Labute approximate surface area is 220 Å². The number of aromatic nitrogens is 2. The second-order valence-corrected chi connectivity index (χ2v) is 10.0. The Balaban J connectivity index is 0.000000188. The summed E-state index contributed by atoms with van der Waals surface area (Å²) in [5, 5.41) is 11.4. The molecule has 1 aliphatic rings. The summed E-state index contributed by atoms with van der Waals surface area (Å²) in [6.45, 7) is 5.82. The van der Waals surface area contributed by atoms with Crippen molar-refractivity contribution in [2.45, 2.75) is 45.3 Å². The van der Waals surface area contributed by atoms with Crippen LogP contribution in [0, 0.1) is 5.41 Å². The van der Waals surface area contributed by atoms with Crippen LogP contribution in [0.1, 0.15) is 25.1 Å². The lowest BCUT2D eigenvalue weighted by molar-refractivity contribution is -0.220. The molecule has 0 saturated carbocycles. The number of nitrogens with two attached hydrogens (primary N) is 1. The zero-order chi connectivity index (χ0) is 27.1. The predicted octanol–water partition coefficient (Wildman–Crippen LogP) is 3.27. The SMILES string of the molecule is CC1(C)COC(Cc2nccc3c2[nH]c2ccccc23)OC1.NC(C(=O)OCc1ccccc1)C(O)C=O. The van der Waals surface area contributed by atoms with E-state index in [9.17, 15) is 9.59 Å². The van der Waals surface area contributed by atoms with Crippen molar-refractivity contribution in [3.8, 4) is 0 Å². The molecule has 200 valence electrons. The third kappa shape index (κ3) is 6.81. The smallest absolute Gasteiger partial charge is 0.326 e. The topological polar surface area (TPSA) is 137 Å². The number of pyridine rings is 1. The maximum Gasteiger partial charge on any atom is 0.326 e. The summed E-state index contributed by atoms with van der Waals surface area (Å²) in [4.78, 5) is 29.5. The summed E-state index contributed by atoms with van der Waals surface area (Å²) >= 11 is 0. The van der Waals surface area contributed by atoms with Gasteiger partial charge in [-0.2, -0.15) is 0 Å². The molecule has 0 bridgehead atoms. The van der Waals surface area contributed by atoms with E-state index in [0.717, 1.165) is 35.5 Å². The number of aldehydes is 1. The summed E-state index contributed by atoms with van der Waals surface area (Å²) in [6, 6.07) is 18.1. The summed E-state index contributed by atoms with van der Waals surface area (Å²) in [5.74, 6) is -0.802. The Kier molecular flexibility index (Phi) is 8.85. The minimum atomic E-state index is -1.52. The normalized spacial score (nSPS) is 16.8. The molecule has 9 heteroatoms. The Bertz CT molecular complexity index is 1360. The first-order valence-corrected chi connectivity index (χ1v) is 12.4. The third-order valence-electron chi connectivity index (χ3n) is 6.19. The van der Waals surface area contributed by atoms with Gasteiger partial charge in [-0.05, 0) is 17.7 Å². The molecule has 0 spiro atoms. The molecule has 2 aromatic carbocycles. The number of H-pyrrole nitrogens is 1. The number of esters is 1. The number of ether oxygens (including phenoxy) is 3. The van der Waals surface area contributed by atoms with Gasteiger partial charge in [0.05, 0.1) is 24.4 Å². The first-order valence-electron chi connectivity index (χ1n) is 12.4. The van der Waals surface area contributed by atoms with Crippen molar-refractivity contribution in [3.63, 3.8) is 0 Å². The molecule has 2 atom stereocenters. The Hall–Kier alpha value is -3.63. The van der Waals surface area contributed by atoms with Gasteiger partial charge in [-0.25, -0.2) is 0 Å². The first kappa shape index (κ1) is 27.4. The molecule has 0 radical (unpaired) electrons. The van der Waals surface area contributed by atoms with Crippen molar-refractivity contribution in [1.29, 1.82) is 0 Å². The molecule has 4 N–H and O–H groups in total. The number of carbonyl (C=O) groups is 2. The van der Waals surface area contributed by atoms with Gasteiger partial charge in [0, 0.05) is 34.3 Å². The highest BCUT2D eigenvalue weighted by Crippen LogP contribution is 2.29. The van der Waals surface area contributed by atoms with Gasteiger partial charge in [-0.3, -0.25) is 9.78 Å². The number of aliphatic hydroxyl groups is 1. The fraction of sp³-hybridized carbons (Fsp3) is 0.345. The number of aliphatic hydroxyl groups excluding tert-OH is 1. The van der Waals surface area contributed by atoms with Gasteiger partial charge in [0.1, 0.15) is 18.8 Å². The van der Waals surface area contributed by atoms with Gasteiger partial charge < -0.3 is 34.8 Å². The van der Waals surface area contributed by atoms with Gasteiger partial charge in [0.25, 0.3) is 0 Å². The van der Waals surface area contributed by atoms with Gasteiger partial charge >= 0.3 is 5.97 Å². The average molecular weight is 520 g/mol.